The van der Waals surface area contributed by atoms with Crippen molar-refractivity contribution in [1.29, 1.82) is 0 Å². The van der Waals surface area contributed by atoms with Crippen molar-refractivity contribution < 1.29 is 0 Å². The highest BCUT2D eigenvalue weighted by molar-refractivity contribution is 5.02. The molecular formula is C11H19. The monoisotopic (exact) mass is 151 g/mol. The van der Waals surface area contributed by atoms with Crippen LogP contribution >= 0.6 is 0 Å². The fraction of sp³-hybridized carbons (Fsp3) is 0.545. The smallest absolute Gasteiger partial charge is 0.0348 e. The van der Waals surface area contributed by atoms with Gasteiger partial charge in [-0.3, -0.25) is 0 Å². The molecule has 0 aromatic carbocycles. The molecule has 0 aliphatic carbocycles. The normalized spacial score (nSPS) is 11.8. The van der Waals surface area contributed by atoms with Crippen LogP contribution in [0.2, 0.25) is 0 Å². The van der Waals surface area contributed by atoms with Crippen LogP contribution in [-0.2, 0) is 0 Å². The predicted octanol–water partition coefficient (Wildman–Crippen LogP) is 3.90. The molecule has 0 spiro atoms. The number of allylic oxidation sites excluding steroid dienone is 4. The van der Waals surface area contributed by atoms with E-state index in [0.717, 1.165) is 12.8 Å². The van der Waals surface area contributed by atoms with Gasteiger partial charge in [0.2, 0.25) is 0 Å². The Kier molecular flexibility index (Phi) is 9.03. The van der Waals surface area contributed by atoms with Gasteiger partial charge in [0.25, 0.3) is 0 Å². The molecule has 0 N–H and O–H groups in total. The van der Waals surface area contributed by atoms with Crippen molar-refractivity contribution in [3.63, 3.8) is 0 Å². The molecule has 0 saturated carbocycles. The molecule has 0 heteroatoms. The number of hydrogen-bond donors (Lipinski definition) is 0. The Morgan fingerprint density at radius 1 is 1.09 bits per heavy atom. The minimum Gasteiger partial charge on any atom is -0.0845 e. The number of hydrogen-bond acceptors (Lipinski definition) is 0. The maximum absolute atomic E-state index is 3.76. The van der Waals surface area contributed by atoms with Crippen molar-refractivity contribution >= 4 is 0 Å². The fourth-order valence-electron chi connectivity index (χ4n) is 0.789. The number of rotatable bonds is 6. The molecule has 0 aliphatic rings. The maximum Gasteiger partial charge on any atom is -0.0348 e. The molecule has 0 atom stereocenters. The van der Waals surface area contributed by atoms with Gasteiger partial charge in [-0.15, -0.1) is 0 Å². The Hall–Kier alpha value is -0.520. The second-order valence-electron chi connectivity index (χ2n) is 2.64. The molecule has 0 unspecified atom stereocenters. The Morgan fingerprint density at radius 3 is 2.27 bits per heavy atom. The lowest BCUT2D eigenvalue weighted by atomic mass is 10.2. The minimum atomic E-state index is 0.999. The second kappa shape index (κ2) is 9.48. The van der Waals surface area contributed by atoms with Crippen LogP contribution in [0.4, 0.5) is 0 Å². The van der Waals surface area contributed by atoms with Gasteiger partial charge in [-0.25, -0.2) is 0 Å². The van der Waals surface area contributed by atoms with E-state index >= 15 is 0 Å². The molecule has 0 aliphatic heterocycles. The molecule has 0 saturated heterocycles. The summed E-state index contributed by atoms with van der Waals surface area (Å²) in [6.45, 7) is 5.97. The van der Waals surface area contributed by atoms with Gasteiger partial charge in [0.15, 0.2) is 0 Å². The first kappa shape index (κ1) is 10.5. The van der Waals surface area contributed by atoms with Crippen LogP contribution in [0.3, 0.4) is 0 Å². The lowest BCUT2D eigenvalue weighted by Gasteiger charge is -1.85. The van der Waals surface area contributed by atoms with Gasteiger partial charge in [-0.05, 0) is 19.3 Å². The van der Waals surface area contributed by atoms with Crippen molar-refractivity contribution in [2.24, 2.45) is 0 Å². The van der Waals surface area contributed by atoms with Gasteiger partial charge in [-0.2, -0.15) is 0 Å². The SMILES string of the molecule is [CH2]CC/C=C\C=C\CCCC. The molecular weight excluding hydrogens is 132 g/mol. The lowest BCUT2D eigenvalue weighted by Crippen LogP contribution is -1.65. The van der Waals surface area contributed by atoms with Crippen LogP contribution in [0.1, 0.15) is 39.0 Å². The Labute approximate surface area is 71.0 Å². The molecule has 0 amide bonds. The summed E-state index contributed by atoms with van der Waals surface area (Å²) in [4.78, 5) is 0. The highest BCUT2D eigenvalue weighted by Gasteiger charge is 1.75. The molecule has 0 fully saturated rings. The average Bonchev–Trinajstić information content (AvgIpc) is 2.03. The van der Waals surface area contributed by atoms with E-state index in [1.165, 1.54) is 19.3 Å². The van der Waals surface area contributed by atoms with Gasteiger partial charge in [-0.1, -0.05) is 51.0 Å². The first-order valence-electron chi connectivity index (χ1n) is 4.52. The summed E-state index contributed by atoms with van der Waals surface area (Å²) in [5.74, 6) is 0. The molecule has 0 rings (SSSR count). The van der Waals surface area contributed by atoms with Gasteiger partial charge in [0.1, 0.15) is 0 Å². The summed E-state index contributed by atoms with van der Waals surface area (Å²) in [7, 11) is 0. The van der Waals surface area contributed by atoms with Crippen LogP contribution < -0.4 is 0 Å². The van der Waals surface area contributed by atoms with Crippen molar-refractivity contribution in [2.75, 3.05) is 0 Å². The minimum absolute atomic E-state index is 0.999. The Balaban J connectivity index is 3.14. The van der Waals surface area contributed by atoms with E-state index in [4.69, 9.17) is 0 Å². The largest absolute Gasteiger partial charge is 0.0845 e. The zero-order chi connectivity index (χ0) is 8.36. The molecule has 1 radical (unpaired) electrons. The van der Waals surface area contributed by atoms with Crippen LogP contribution in [0, 0.1) is 6.92 Å². The lowest BCUT2D eigenvalue weighted by molar-refractivity contribution is 0.815. The quantitative estimate of drug-likeness (QED) is 0.399. The second-order valence-corrected chi connectivity index (χ2v) is 2.64. The summed E-state index contributed by atoms with van der Waals surface area (Å²) in [5.41, 5.74) is 0. The first-order chi connectivity index (χ1) is 5.41. The first-order valence-corrected chi connectivity index (χ1v) is 4.52. The highest BCUT2D eigenvalue weighted by Crippen LogP contribution is 1.95. The molecule has 0 nitrogen and oxygen atoms in total. The Morgan fingerprint density at radius 2 is 1.73 bits per heavy atom. The molecule has 0 aromatic rings. The average molecular weight is 151 g/mol. The van der Waals surface area contributed by atoms with Crippen LogP contribution in [-0.4, -0.2) is 0 Å². The zero-order valence-corrected chi connectivity index (χ0v) is 7.55. The summed E-state index contributed by atoms with van der Waals surface area (Å²) < 4.78 is 0. The topological polar surface area (TPSA) is 0 Å². The van der Waals surface area contributed by atoms with Crippen LogP contribution in [0.15, 0.2) is 24.3 Å². The predicted molar refractivity (Wildman–Crippen MR) is 52.4 cm³/mol. The third-order valence-electron chi connectivity index (χ3n) is 1.48. The summed E-state index contributed by atoms with van der Waals surface area (Å²) in [5, 5.41) is 0. The third kappa shape index (κ3) is 9.48. The summed E-state index contributed by atoms with van der Waals surface area (Å²) in [6, 6.07) is 0. The van der Waals surface area contributed by atoms with Gasteiger partial charge in [0, 0.05) is 0 Å². The van der Waals surface area contributed by atoms with Gasteiger partial charge < -0.3 is 0 Å². The highest BCUT2D eigenvalue weighted by atomic mass is 13.8. The van der Waals surface area contributed by atoms with E-state index in [2.05, 4.69) is 38.2 Å². The molecule has 63 valence electrons. The molecule has 0 aromatic heterocycles. The van der Waals surface area contributed by atoms with Crippen molar-refractivity contribution in [2.45, 2.75) is 39.0 Å². The van der Waals surface area contributed by atoms with Crippen LogP contribution in [0.25, 0.3) is 0 Å². The third-order valence-corrected chi connectivity index (χ3v) is 1.48. The fourth-order valence-corrected chi connectivity index (χ4v) is 0.789. The van der Waals surface area contributed by atoms with E-state index in [9.17, 15) is 0 Å². The molecule has 0 heterocycles. The summed E-state index contributed by atoms with van der Waals surface area (Å²) >= 11 is 0. The van der Waals surface area contributed by atoms with E-state index < -0.39 is 0 Å². The van der Waals surface area contributed by atoms with E-state index in [1.54, 1.807) is 0 Å². The zero-order valence-electron chi connectivity index (χ0n) is 7.55. The van der Waals surface area contributed by atoms with Crippen molar-refractivity contribution in [1.82, 2.24) is 0 Å². The molecule has 0 bridgehead atoms. The Bertz CT molecular complexity index is 109. The maximum atomic E-state index is 3.76. The van der Waals surface area contributed by atoms with E-state index in [1.807, 2.05) is 0 Å². The van der Waals surface area contributed by atoms with Gasteiger partial charge in [0.05, 0.1) is 0 Å². The van der Waals surface area contributed by atoms with Crippen molar-refractivity contribution in [3.8, 4) is 0 Å². The van der Waals surface area contributed by atoms with Crippen molar-refractivity contribution in [3.05, 3.63) is 31.2 Å². The summed E-state index contributed by atoms with van der Waals surface area (Å²) in [6.07, 6.45) is 14.5. The van der Waals surface area contributed by atoms with Crippen LogP contribution in [0.5, 0.6) is 0 Å². The van der Waals surface area contributed by atoms with E-state index in [-0.39, 0.29) is 0 Å². The standard InChI is InChI=1S/C11H19/c1-3-5-7-9-11-10-8-6-4-2/h7,9-11H,1,3-6,8H2,2H3/b9-7-,11-10+. The van der Waals surface area contributed by atoms with Gasteiger partial charge >= 0.3 is 0 Å². The van der Waals surface area contributed by atoms with E-state index in [0.29, 0.717) is 0 Å². The number of unbranched alkanes of at least 4 members (excludes halogenated alkanes) is 3. The molecule has 11 heavy (non-hydrogen) atoms.